The van der Waals surface area contributed by atoms with Gasteiger partial charge < -0.3 is 5.01 Å². The lowest BCUT2D eigenvalue weighted by Crippen LogP contribution is -2.56. The van der Waals surface area contributed by atoms with Gasteiger partial charge in [-0.2, -0.15) is 0 Å². The normalized spacial score (nSPS) is 16.7. The topological polar surface area (TPSA) is 22.6 Å². The van der Waals surface area contributed by atoms with Crippen LogP contribution in [0.15, 0.2) is 79.0 Å². The lowest BCUT2D eigenvalue weighted by Gasteiger charge is -2.47. The van der Waals surface area contributed by atoms with E-state index in [-0.39, 0.29) is 5.82 Å². The summed E-state index contributed by atoms with van der Waals surface area (Å²) in [6, 6.07) is 24.2. The summed E-state index contributed by atoms with van der Waals surface area (Å²) < 4.78 is 13.5. The minimum Gasteiger partial charge on any atom is -0.301 e. The summed E-state index contributed by atoms with van der Waals surface area (Å²) in [6.45, 7) is 5.72. The van der Waals surface area contributed by atoms with E-state index in [0.29, 0.717) is 0 Å². The Balaban J connectivity index is 1.14. The summed E-state index contributed by atoms with van der Waals surface area (Å²) in [5.41, 5.74) is 7.21. The lowest BCUT2D eigenvalue weighted by atomic mass is 9.96. The van der Waals surface area contributed by atoms with E-state index in [2.05, 4.69) is 62.4 Å². The van der Waals surface area contributed by atoms with E-state index in [4.69, 9.17) is 0 Å². The Morgan fingerprint density at radius 1 is 0.844 bits per heavy atom. The minimum atomic E-state index is -0.156. The summed E-state index contributed by atoms with van der Waals surface area (Å²) in [4.78, 5) is 7.02. The Labute approximate surface area is 187 Å². The standard InChI is InChI=1S/C27H25FN4/c28-24-7-1-4-20(16-24)18-30-12-14-31(15-13-30)32-19-23-17-22(9-10-26(23)32)25-8-2-5-21-6-3-11-29-27(21)25/h1-11,16-17H,12-15,18-19H2. The number of pyridine rings is 1. The van der Waals surface area contributed by atoms with Crippen LogP contribution in [0.3, 0.4) is 0 Å². The Bertz CT molecular complexity index is 1270. The molecule has 0 amide bonds. The Morgan fingerprint density at radius 2 is 1.69 bits per heavy atom. The SMILES string of the molecule is Fc1cccc(CN2CCN(N3Cc4cc(-c5cccc6cccnc56)ccc43)CC2)c1. The van der Waals surface area contributed by atoms with E-state index in [1.165, 1.54) is 33.8 Å². The van der Waals surface area contributed by atoms with Crippen molar-refractivity contribution in [2.45, 2.75) is 13.1 Å². The maximum atomic E-state index is 13.5. The van der Waals surface area contributed by atoms with Gasteiger partial charge in [-0.15, -0.1) is 0 Å². The highest BCUT2D eigenvalue weighted by atomic mass is 19.1. The van der Waals surface area contributed by atoms with E-state index < -0.39 is 0 Å². The second-order valence-corrected chi connectivity index (χ2v) is 8.64. The molecule has 32 heavy (non-hydrogen) atoms. The third-order valence-electron chi connectivity index (χ3n) is 6.61. The van der Waals surface area contributed by atoms with Gasteiger partial charge in [0.1, 0.15) is 5.82 Å². The molecular weight excluding hydrogens is 399 g/mol. The molecule has 3 heterocycles. The quantitative estimate of drug-likeness (QED) is 0.455. The van der Waals surface area contributed by atoms with Gasteiger partial charge in [-0.1, -0.05) is 42.5 Å². The van der Waals surface area contributed by atoms with Gasteiger partial charge >= 0.3 is 0 Å². The van der Waals surface area contributed by atoms with Gasteiger partial charge in [-0.25, -0.2) is 9.40 Å². The van der Waals surface area contributed by atoms with Gasteiger partial charge in [0.05, 0.1) is 17.7 Å². The number of benzene rings is 3. The van der Waals surface area contributed by atoms with Gasteiger partial charge in [0.15, 0.2) is 0 Å². The Hall–Kier alpha value is -3.28. The zero-order valence-electron chi connectivity index (χ0n) is 17.9. The van der Waals surface area contributed by atoms with Crippen molar-refractivity contribution in [1.82, 2.24) is 14.9 Å². The summed E-state index contributed by atoms with van der Waals surface area (Å²) in [5.74, 6) is -0.156. The van der Waals surface area contributed by atoms with Gasteiger partial charge in [0.25, 0.3) is 0 Å². The van der Waals surface area contributed by atoms with Gasteiger partial charge in [0.2, 0.25) is 0 Å². The number of halogens is 1. The predicted octanol–water partition coefficient (Wildman–Crippen LogP) is 5.09. The molecule has 4 nitrogen and oxygen atoms in total. The fraction of sp³-hybridized carbons (Fsp3) is 0.222. The van der Waals surface area contributed by atoms with Crippen molar-refractivity contribution in [2.24, 2.45) is 0 Å². The van der Waals surface area contributed by atoms with Crippen molar-refractivity contribution in [3.63, 3.8) is 0 Å². The van der Waals surface area contributed by atoms with Gasteiger partial charge in [0, 0.05) is 49.9 Å². The van der Waals surface area contributed by atoms with Crippen molar-refractivity contribution < 1.29 is 4.39 Å². The van der Waals surface area contributed by atoms with Crippen LogP contribution in [0.1, 0.15) is 11.1 Å². The zero-order chi connectivity index (χ0) is 21.5. The van der Waals surface area contributed by atoms with Crippen molar-refractivity contribution >= 4 is 16.6 Å². The van der Waals surface area contributed by atoms with Crippen LogP contribution in [0.4, 0.5) is 10.1 Å². The molecule has 1 aromatic heterocycles. The van der Waals surface area contributed by atoms with Crippen LogP contribution in [0, 0.1) is 5.82 Å². The first-order valence-corrected chi connectivity index (χ1v) is 11.2. The molecule has 5 heteroatoms. The van der Waals surface area contributed by atoms with E-state index in [9.17, 15) is 4.39 Å². The molecule has 2 aliphatic heterocycles. The number of rotatable bonds is 4. The zero-order valence-corrected chi connectivity index (χ0v) is 17.9. The van der Waals surface area contributed by atoms with Gasteiger partial charge in [-0.3, -0.25) is 9.88 Å². The van der Waals surface area contributed by atoms with Crippen molar-refractivity contribution in [2.75, 3.05) is 31.2 Å². The molecule has 0 radical (unpaired) electrons. The van der Waals surface area contributed by atoms with Crippen LogP contribution in [0.25, 0.3) is 22.0 Å². The van der Waals surface area contributed by atoms with E-state index >= 15 is 0 Å². The van der Waals surface area contributed by atoms with Crippen LogP contribution in [-0.2, 0) is 13.1 Å². The molecular formula is C27H25FN4. The number of hydrazine groups is 1. The highest BCUT2D eigenvalue weighted by Crippen LogP contribution is 2.38. The number of hydrogen-bond donors (Lipinski definition) is 0. The summed E-state index contributed by atoms with van der Waals surface area (Å²) in [6.07, 6.45) is 1.86. The van der Waals surface area contributed by atoms with Crippen LogP contribution < -0.4 is 5.01 Å². The molecule has 0 spiro atoms. The molecule has 4 aromatic rings. The second kappa shape index (κ2) is 8.01. The lowest BCUT2D eigenvalue weighted by molar-refractivity contribution is 0.110. The van der Waals surface area contributed by atoms with Crippen LogP contribution in [0.5, 0.6) is 0 Å². The monoisotopic (exact) mass is 424 g/mol. The van der Waals surface area contributed by atoms with Crippen molar-refractivity contribution in [3.05, 3.63) is 95.9 Å². The molecule has 0 N–H and O–H groups in total. The smallest absolute Gasteiger partial charge is 0.123 e. The molecule has 6 rings (SSSR count). The molecule has 0 aliphatic carbocycles. The summed E-state index contributed by atoms with van der Waals surface area (Å²) in [5, 5.41) is 6.02. The van der Waals surface area contributed by atoms with Crippen LogP contribution in [-0.4, -0.2) is 41.1 Å². The number of fused-ring (bicyclic) bond motifs is 2. The number of nitrogens with zero attached hydrogens (tertiary/aromatic N) is 4. The molecule has 0 unspecified atom stereocenters. The predicted molar refractivity (Wildman–Crippen MR) is 127 cm³/mol. The summed E-state index contributed by atoms with van der Waals surface area (Å²) in [7, 11) is 0. The van der Waals surface area contributed by atoms with Crippen LogP contribution >= 0.6 is 0 Å². The maximum Gasteiger partial charge on any atom is 0.123 e. The molecule has 2 aliphatic rings. The molecule has 0 bridgehead atoms. The fourth-order valence-electron chi connectivity index (χ4n) is 4.91. The fourth-order valence-corrected chi connectivity index (χ4v) is 4.91. The average molecular weight is 425 g/mol. The number of piperazine rings is 1. The maximum absolute atomic E-state index is 13.5. The first kappa shape index (κ1) is 19.4. The minimum absolute atomic E-state index is 0.156. The number of hydrogen-bond acceptors (Lipinski definition) is 4. The number of para-hydroxylation sites is 1. The first-order chi connectivity index (χ1) is 15.7. The van der Waals surface area contributed by atoms with Crippen molar-refractivity contribution in [3.8, 4) is 11.1 Å². The molecule has 160 valence electrons. The van der Waals surface area contributed by atoms with Crippen molar-refractivity contribution in [1.29, 1.82) is 0 Å². The third kappa shape index (κ3) is 3.53. The third-order valence-corrected chi connectivity index (χ3v) is 6.61. The highest BCUT2D eigenvalue weighted by Gasteiger charge is 2.30. The largest absolute Gasteiger partial charge is 0.301 e. The molecule has 1 saturated heterocycles. The van der Waals surface area contributed by atoms with Gasteiger partial charge in [-0.05, 0) is 47.0 Å². The molecule has 0 saturated carbocycles. The Morgan fingerprint density at radius 3 is 2.53 bits per heavy atom. The second-order valence-electron chi connectivity index (χ2n) is 8.64. The highest BCUT2D eigenvalue weighted by molar-refractivity contribution is 5.94. The molecule has 1 fully saturated rings. The average Bonchev–Trinajstić information content (AvgIpc) is 2.81. The summed E-state index contributed by atoms with van der Waals surface area (Å²) >= 11 is 0. The number of aromatic nitrogens is 1. The van der Waals surface area contributed by atoms with Crippen LogP contribution in [0.2, 0.25) is 0 Å². The molecule has 0 atom stereocenters. The molecule has 3 aromatic carbocycles. The van der Waals surface area contributed by atoms with E-state index in [1.807, 2.05) is 18.3 Å². The Kier molecular flexibility index (Phi) is 4.86. The number of anilines is 1. The van der Waals surface area contributed by atoms with E-state index in [0.717, 1.165) is 50.3 Å². The first-order valence-electron chi connectivity index (χ1n) is 11.2. The van der Waals surface area contributed by atoms with E-state index in [1.54, 1.807) is 12.1 Å².